The molecule has 0 bridgehead atoms. The lowest BCUT2D eigenvalue weighted by Crippen LogP contribution is -2.73. The Hall–Kier alpha value is -3.43. The molecule has 14 heteroatoms. The third-order valence-corrected chi connectivity index (χ3v) is 11.9. The molecule has 5 heterocycles. The number of hydrogen-bond donors (Lipinski definition) is 4. The van der Waals surface area contributed by atoms with Crippen molar-refractivity contribution in [3.63, 3.8) is 0 Å². The summed E-state index contributed by atoms with van der Waals surface area (Å²) in [5.41, 5.74) is 4.39. The predicted octanol–water partition coefficient (Wildman–Crippen LogP) is 1.64. The van der Waals surface area contributed by atoms with E-state index >= 15 is 0 Å². The van der Waals surface area contributed by atoms with Gasteiger partial charge < -0.3 is 30.6 Å². The van der Waals surface area contributed by atoms with Crippen LogP contribution in [0.25, 0.3) is 10.4 Å². The highest BCUT2D eigenvalue weighted by Gasteiger charge is 2.52. The van der Waals surface area contributed by atoms with Gasteiger partial charge in [-0.25, -0.2) is 4.98 Å². The number of rotatable bonds is 12. The Labute approximate surface area is 304 Å². The lowest BCUT2D eigenvalue weighted by atomic mass is 9.72. The third kappa shape index (κ3) is 8.97. The number of carbonyl (C=O) groups is 4. The van der Waals surface area contributed by atoms with Crippen LogP contribution < -0.4 is 10.6 Å². The van der Waals surface area contributed by atoms with E-state index in [0.717, 1.165) is 80.4 Å². The van der Waals surface area contributed by atoms with E-state index in [9.17, 15) is 24.3 Å². The maximum Gasteiger partial charge on any atom is 0.317 e. The van der Waals surface area contributed by atoms with E-state index in [2.05, 4.69) is 25.4 Å². The van der Waals surface area contributed by atoms with Gasteiger partial charge in [-0.05, 0) is 55.3 Å². The second-order valence-electron chi connectivity index (χ2n) is 16.4. The van der Waals surface area contributed by atoms with Crippen molar-refractivity contribution < 1.29 is 29.4 Å². The van der Waals surface area contributed by atoms with Crippen molar-refractivity contribution in [2.45, 2.75) is 71.7 Å². The summed E-state index contributed by atoms with van der Waals surface area (Å²) >= 11 is 1.59. The van der Waals surface area contributed by atoms with Gasteiger partial charge in [0.1, 0.15) is 12.1 Å². The SMILES string of the molecule is Cc1ncsc1-c1ccc(CNC(=O)[C@@H]2C[C@@H](O)CN2C(=O)[C@@H](NC(=O)CN2CC3(C2)CN(CC2CCN(CC(=O)O)CC2)C3)C(C)(C)C)cc1. The van der Waals surface area contributed by atoms with Crippen molar-refractivity contribution in [2.24, 2.45) is 16.7 Å². The Bertz CT molecular complexity index is 1570. The number of carboxylic acid groups (broad SMARTS) is 1. The monoisotopic (exact) mass is 723 g/mol. The first-order chi connectivity index (χ1) is 24.2. The quantitative estimate of drug-likeness (QED) is 0.254. The molecule has 4 fully saturated rings. The first kappa shape index (κ1) is 37.3. The van der Waals surface area contributed by atoms with Crippen molar-refractivity contribution in [2.75, 3.05) is 65.4 Å². The number of nitrogens with one attached hydrogen (secondary N) is 2. The average Bonchev–Trinajstić information content (AvgIpc) is 3.65. The molecule has 4 saturated heterocycles. The minimum absolute atomic E-state index is 0.0366. The number of thiazole rings is 1. The predicted molar refractivity (Wildman–Crippen MR) is 194 cm³/mol. The molecule has 0 saturated carbocycles. The number of nitrogens with zero attached hydrogens (tertiary/aromatic N) is 5. The number of hydrogen-bond acceptors (Lipinski definition) is 10. The van der Waals surface area contributed by atoms with Gasteiger partial charge in [0.15, 0.2) is 0 Å². The fourth-order valence-corrected chi connectivity index (χ4v) is 9.13. The molecule has 0 radical (unpaired) electrons. The molecular formula is C37H53N7O6S. The molecule has 3 amide bonds. The van der Waals surface area contributed by atoms with Gasteiger partial charge in [0.05, 0.1) is 35.3 Å². The van der Waals surface area contributed by atoms with Crippen molar-refractivity contribution in [1.29, 1.82) is 0 Å². The third-order valence-electron chi connectivity index (χ3n) is 10.9. The number of aromatic nitrogens is 1. The maximum absolute atomic E-state index is 14.0. The molecule has 13 nitrogen and oxygen atoms in total. The van der Waals surface area contributed by atoms with Crippen LogP contribution in [0.2, 0.25) is 0 Å². The first-order valence-corrected chi connectivity index (χ1v) is 19.0. The van der Waals surface area contributed by atoms with Gasteiger partial charge in [-0.3, -0.25) is 29.0 Å². The van der Waals surface area contributed by atoms with Gasteiger partial charge >= 0.3 is 5.97 Å². The van der Waals surface area contributed by atoms with E-state index in [1.54, 1.807) is 11.3 Å². The first-order valence-electron chi connectivity index (χ1n) is 18.1. The van der Waals surface area contributed by atoms with Crippen LogP contribution in [-0.4, -0.2) is 142 Å². The van der Waals surface area contributed by atoms with Crippen LogP contribution in [0.4, 0.5) is 0 Å². The van der Waals surface area contributed by atoms with Crippen LogP contribution in [0.3, 0.4) is 0 Å². The van der Waals surface area contributed by atoms with Gasteiger partial charge in [-0.15, -0.1) is 11.3 Å². The lowest BCUT2D eigenvalue weighted by Gasteiger charge is -2.61. The molecule has 1 aromatic carbocycles. The summed E-state index contributed by atoms with van der Waals surface area (Å²) < 4.78 is 0. The van der Waals surface area contributed by atoms with E-state index in [0.29, 0.717) is 5.92 Å². The summed E-state index contributed by atoms with van der Waals surface area (Å²) in [6, 6.07) is 6.25. The number of carbonyl (C=O) groups excluding carboxylic acids is 3. The lowest BCUT2D eigenvalue weighted by molar-refractivity contribution is -0.147. The van der Waals surface area contributed by atoms with Crippen LogP contribution in [0, 0.1) is 23.7 Å². The number of amides is 3. The topological polar surface area (TPSA) is 159 Å². The molecule has 0 unspecified atom stereocenters. The summed E-state index contributed by atoms with van der Waals surface area (Å²) in [6.07, 6.45) is 1.37. The number of piperidine rings is 1. The molecule has 1 spiro atoms. The molecule has 4 N–H and O–H groups in total. The minimum atomic E-state index is -0.857. The number of β-amino-alcohol motifs (C(OH)–C–C–N with tert-alkyl or cyclic N) is 1. The highest BCUT2D eigenvalue weighted by Crippen LogP contribution is 2.40. The van der Waals surface area contributed by atoms with Crippen LogP contribution >= 0.6 is 11.3 Å². The highest BCUT2D eigenvalue weighted by molar-refractivity contribution is 7.13. The molecule has 278 valence electrons. The Balaban J connectivity index is 0.957. The molecular weight excluding hydrogens is 671 g/mol. The second kappa shape index (κ2) is 15.3. The number of likely N-dealkylation sites (tertiary alicyclic amines) is 4. The standard InChI is InChI=1S/C37H53N7O6S/c1-24-32(51-23-39-24)27-7-5-25(6-8-27)14-38-34(49)29-13-28(45)16-44(29)35(50)33(36(2,3)4)40-30(46)17-43-21-37(22-43)19-42(20-37)15-26-9-11-41(12-10-26)18-31(47)48/h5-8,23,26,28-29,33,45H,9-22H2,1-4H3,(H,38,49)(H,40,46)(H,47,48)/t28-,29+,33-/m1/s1. The Morgan fingerprint density at radius 2 is 1.67 bits per heavy atom. The normalized spacial score (nSPS) is 23.4. The van der Waals surface area contributed by atoms with Gasteiger partial charge in [0.25, 0.3) is 0 Å². The Kier molecular flexibility index (Phi) is 11.2. The minimum Gasteiger partial charge on any atom is -0.480 e. The van der Waals surface area contributed by atoms with E-state index in [-0.39, 0.29) is 55.7 Å². The Morgan fingerprint density at radius 1 is 1.00 bits per heavy atom. The van der Waals surface area contributed by atoms with Crippen molar-refractivity contribution in [3.05, 3.63) is 41.0 Å². The van der Waals surface area contributed by atoms with Crippen LogP contribution in [0.5, 0.6) is 0 Å². The molecule has 4 aliphatic heterocycles. The van der Waals surface area contributed by atoms with E-state index in [4.69, 9.17) is 5.11 Å². The van der Waals surface area contributed by atoms with E-state index in [1.165, 1.54) is 4.90 Å². The highest BCUT2D eigenvalue weighted by atomic mass is 32.1. The van der Waals surface area contributed by atoms with Crippen LogP contribution in [-0.2, 0) is 25.7 Å². The van der Waals surface area contributed by atoms with Crippen molar-refractivity contribution in [3.8, 4) is 10.4 Å². The summed E-state index contributed by atoms with van der Waals surface area (Å²) in [6.45, 7) is 14.8. The van der Waals surface area contributed by atoms with Crippen molar-refractivity contribution >= 4 is 35.0 Å². The number of aliphatic hydroxyl groups is 1. The fraction of sp³-hybridized carbons (Fsp3) is 0.649. The molecule has 6 rings (SSSR count). The van der Waals surface area contributed by atoms with E-state index in [1.807, 2.05) is 62.4 Å². The summed E-state index contributed by atoms with van der Waals surface area (Å²) in [4.78, 5) is 65.2. The summed E-state index contributed by atoms with van der Waals surface area (Å²) in [7, 11) is 0. The zero-order valence-corrected chi connectivity index (χ0v) is 31.1. The molecule has 3 atom stereocenters. The number of aliphatic carboxylic acids is 1. The summed E-state index contributed by atoms with van der Waals surface area (Å²) in [5.74, 6) is -1.08. The number of benzene rings is 1. The number of aliphatic hydroxyl groups excluding tert-OH is 1. The van der Waals surface area contributed by atoms with Crippen LogP contribution in [0.15, 0.2) is 29.8 Å². The molecule has 1 aromatic heterocycles. The van der Waals surface area contributed by atoms with Gasteiger partial charge in [-0.1, -0.05) is 45.0 Å². The maximum atomic E-state index is 14.0. The molecule has 2 aromatic rings. The van der Waals surface area contributed by atoms with Crippen molar-refractivity contribution in [1.82, 2.24) is 35.2 Å². The van der Waals surface area contributed by atoms with Gasteiger partial charge in [-0.2, -0.15) is 0 Å². The number of carboxylic acids is 1. The largest absolute Gasteiger partial charge is 0.480 e. The number of aryl methyl sites for hydroxylation is 1. The van der Waals surface area contributed by atoms with E-state index < -0.39 is 29.6 Å². The van der Waals surface area contributed by atoms with Gasteiger partial charge in [0, 0.05) is 57.6 Å². The van der Waals surface area contributed by atoms with Gasteiger partial charge in [0.2, 0.25) is 17.7 Å². The van der Waals surface area contributed by atoms with Crippen LogP contribution in [0.1, 0.15) is 51.3 Å². The summed E-state index contributed by atoms with van der Waals surface area (Å²) in [5, 5.41) is 25.5. The zero-order chi connectivity index (χ0) is 36.5. The Morgan fingerprint density at radius 3 is 2.27 bits per heavy atom. The molecule has 4 aliphatic rings. The smallest absolute Gasteiger partial charge is 0.317 e. The molecule has 51 heavy (non-hydrogen) atoms. The molecule has 0 aliphatic carbocycles. The average molecular weight is 724 g/mol. The second-order valence-corrected chi connectivity index (χ2v) is 17.2. The zero-order valence-electron chi connectivity index (χ0n) is 30.3. The fourth-order valence-electron chi connectivity index (χ4n) is 8.32.